The van der Waals surface area contributed by atoms with E-state index >= 15 is 0 Å². The van der Waals surface area contributed by atoms with Crippen molar-refractivity contribution in [3.8, 4) is 0 Å². The molecule has 6 aliphatic rings. The lowest BCUT2D eigenvalue weighted by Crippen LogP contribution is -2.55. The second-order valence-electron chi connectivity index (χ2n) is 13.1. The summed E-state index contributed by atoms with van der Waals surface area (Å²) in [5, 5.41) is 10.3. The van der Waals surface area contributed by atoms with Crippen molar-refractivity contribution in [2.45, 2.75) is 110 Å². The van der Waals surface area contributed by atoms with E-state index in [1.807, 2.05) is 0 Å². The molecule has 0 aromatic carbocycles. The number of hydrogen-bond acceptors (Lipinski definition) is 3. The molecule has 6 fully saturated rings. The summed E-state index contributed by atoms with van der Waals surface area (Å²) in [6, 6.07) is 0. The first-order valence-electron chi connectivity index (χ1n) is 13.3. The third-order valence-corrected chi connectivity index (χ3v) is 11.9. The summed E-state index contributed by atoms with van der Waals surface area (Å²) in [6.07, 6.45) is 12.9. The SMILES string of the molecule is CC1CC[C@@]2(OC1)O[C@H]1C[C@H]3[C@@H]4CC[C@@H]5C[C@@H](O)CC[C@]5(C)[C@H]4CC[C@]3(C)[C@@H]1[C@H]2C. The lowest BCUT2D eigenvalue weighted by molar-refractivity contribution is -0.273. The van der Waals surface area contributed by atoms with Crippen LogP contribution in [0.5, 0.6) is 0 Å². The zero-order valence-corrected chi connectivity index (χ0v) is 19.7. The molecule has 0 radical (unpaired) electrons. The van der Waals surface area contributed by atoms with Crippen molar-refractivity contribution in [3.05, 3.63) is 0 Å². The van der Waals surface area contributed by atoms with E-state index in [1.54, 1.807) is 0 Å². The summed E-state index contributed by atoms with van der Waals surface area (Å²) >= 11 is 0. The van der Waals surface area contributed by atoms with E-state index in [1.165, 1.54) is 44.9 Å². The van der Waals surface area contributed by atoms with E-state index in [9.17, 15) is 5.11 Å². The highest BCUT2D eigenvalue weighted by Crippen LogP contribution is 2.71. The van der Waals surface area contributed by atoms with Crippen molar-refractivity contribution in [1.29, 1.82) is 0 Å². The van der Waals surface area contributed by atoms with Crippen molar-refractivity contribution in [1.82, 2.24) is 0 Å². The molecule has 2 heterocycles. The summed E-state index contributed by atoms with van der Waals surface area (Å²) in [5.74, 6) is 4.93. The molecule has 30 heavy (non-hydrogen) atoms. The zero-order valence-electron chi connectivity index (χ0n) is 19.7. The molecule has 4 aliphatic carbocycles. The van der Waals surface area contributed by atoms with Gasteiger partial charge in [0.15, 0.2) is 5.79 Å². The summed E-state index contributed by atoms with van der Waals surface area (Å²) < 4.78 is 13.4. The summed E-state index contributed by atoms with van der Waals surface area (Å²) in [4.78, 5) is 0. The first-order chi connectivity index (χ1) is 14.3. The van der Waals surface area contributed by atoms with Crippen molar-refractivity contribution in [3.63, 3.8) is 0 Å². The average molecular weight is 417 g/mol. The van der Waals surface area contributed by atoms with Crippen LogP contribution >= 0.6 is 0 Å². The zero-order chi connectivity index (χ0) is 20.9. The van der Waals surface area contributed by atoms with Crippen LogP contribution in [-0.4, -0.2) is 29.7 Å². The Labute approximate surface area is 183 Å². The second kappa shape index (κ2) is 6.70. The average Bonchev–Trinajstić information content (AvgIpc) is 3.16. The second-order valence-corrected chi connectivity index (χ2v) is 13.1. The van der Waals surface area contributed by atoms with Crippen molar-refractivity contribution >= 4 is 0 Å². The van der Waals surface area contributed by atoms with Crippen LogP contribution in [0.1, 0.15) is 91.9 Å². The first kappa shape index (κ1) is 20.5. The number of aliphatic hydroxyl groups is 1. The predicted molar refractivity (Wildman–Crippen MR) is 118 cm³/mol. The van der Waals surface area contributed by atoms with Gasteiger partial charge in [0, 0.05) is 12.3 Å². The van der Waals surface area contributed by atoms with Crippen LogP contribution in [0.15, 0.2) is 0 Å². The number of hydrogen-bond donors (Lipinski definition) is 1. The lowest BCUT2D eigenvalue weighted by atomic mass is 9.44. The monoisotopic (exact) mass is 416 g/mol. The van der Waals surface area contributed by atoms with E-state index in [2.05, 4.69) is 27.7 Å². The Hall–Kier alpha value is -0.120. The normalized spacial score (nSPS) is 62.5. The van der Waals surface area contributed by atoms with E-state index < -0.39 is 0 Å². The Morgan fingerprint density at radius 1 is 0.833 bits per heavy atom. The van der Waals surface area contributed by atoms with Gasteiger partial charge in [0.05, 0.1) is 18.8 Å². The van der Waals surface area contributed by atoms with Gasteiger partial charge in [0.2, 0.25) is 0 Å². The number of ether oxygens (including phenoxy) is 2. The molecule has 12 atom stereocenters. The predicted octanol–water partition coefficient (Wildman–Crippen LogP) is 5.79. The van der Waals surface area contributed by atoms with Gasteiger partial charge in [-0.2, -0.15) is 0 Å². The summed E-state index contributed by atoms with van der Waals surface area (Å²) in [5.41, 5.74) is 0.899. The van der Waals surface area contributed by atoms with Crippen LogP contribution < -0.4 is 0 Å². The van der Waals surface area contributed by atoms with Gasteiger partial charge in [-0.05, 0) is 104 Å². The Kier molecular flexibility index (Phi) is 4.58. The van der Waals surface area contributed by atoms with Gasteiger partial charge >= 0.3 is 0 Å². The molecule has 0 bridgehead atoms. The minimum atomic E-state index is -0.282. The maximum Gasteiger partial charge on any atom is 0.171 e. The summed E-state index contributed by atoms with van der Waals surface area (Å²) in [7, 11) is 0. The maximum absolute atomic E-state index is 10.3. The van der Waals surface area contributed by atoms with Crippen LogP contribution in [0.4, 0.5) is 0 Å². The molecule has 0 aromatic heterocycles. The van der Waals surface area contributed by atoms with E-state index in [-0.39, 0.29) is 11.9 Å². The van der Waals surface area contributed by atoms with E-state index in [0.29, 0.717) is 34.7 Å². The topological polar surface area (TPSA) is 38.7 Å². The van der Waals surface area contributed by atoms with Crippen molar-refractivity contribution in [2.24, 2.45) is 52.3 Å². The molecule has 0 aromatic rings. The van der Waals surface area contributed by atoms with Gasteiger partial charge < -0.3 is 14.6 Å². The molecule has 2 aliphatic heterocycles. The maximum atomic E-state index is 10.3. The largest absolute Gasteiger partial charge is 0.393 e. The molecule has 0 amide bonds. The number of aliphatic hydroxyl groups excluding tert-OH is 1. The highest BCUT2D eigenvalue weighted by Gasteiger charge is 2.69. The fourth-order valence-electron chi connectivity index (χ4n) is 10.3. The Bertz CT molecular complexity index is 684. The van der Waals surface area contributed by atoms with Gasteiger partial charge in [-0.1, -0.05) is 27.7 Å². The fourth-order valence-corrected chi connectivity index (χ4v) is 10.3. The smallest absolute Gasteiger partial charge is 0.171 e. The van der Waals surface area contributed by atoms with Gasteiger partial charge in [0.25, 0.3) is 0 Å². The van der Waals surface area contributed by atoms with Crippen LogP contribution in [0.2, 0.25) is 0 Å². The van der Waals surface area contributed by atoms with Crippen LogP contribution in [0.25, 0.3) is 0 Å². The highest BCUT2D eigenvalue weighted by molar-refractivity contribution is 5.15. The van der Waals surface area contributed by atoms with Crippen molar-refractivity contribution < 1.29 is 14.6 Å². The molecule has 3 heteroatoms. The summed E-state index contributed by atoms with van der Waals surface area (Å²) in [6.45, 7) is 10.9. The Balaban J connectivity index is 1.26. The number of rotatable bonds is 0. The third-order valence-electron chi connectivity index (χ3n) is 11.9. The van der Waals surface area contributed by atoms with Crippen molar-refractivity contribution in [2.75, 3.05) is 6.61 Å². The van der Waals surface area contributed by atoms with Crippen LogP contribution in [-0.2, 0) is 9.47 Å². The minimum absolute atomic E-state index is 0.0389. The fraction of sp³-hybridized carbons (Fsp3) is 1.00. The Morgan fingerprint density at radius 3 is 2.40 bits per heavy atom. The van der Waals surface area contributed by atoms with Gasteiger partial charge in [0.1, 0.15) is 0 Å². The first-order valence-corrected chi connectivity index (χ1v) is 13.3. The molecule has 3 nitrogen and oxygen atoms in total. The minimum Gasteiger partial charge on any atom is -0.393 e. The highest BCUT2D eigenvalue weighted by atomic mass is 16.7. The van der Waals surface area contributed by atoms with E-state index in [4.69, 9.17) is 9.47 Å². The van der Waals surface area contributed by atoms with Gasteiger partial charge in [-0.25, -0.2) is 0 Å². The molecular weight excluding hydrogens is 372 g/mol. The van der Waals surface area contributed by atoms with Crippen LogP contribution in [0, 0.1) is 52.3 Å². The molecule has 1 N–H and O–H groups in total. The standard InChI is InChI=1S/C27H44O3/c1-16-7-12-27(29-15-16)17(2)24-23(30-27)14-22-20-6-5-18-13-19(28)8-10-25(18,3)21(20)9-11-26(22,24)4/h16-24,28H,5-15H2,1-4H3/t16?,17-,18-,19+,20-,21+,22+,23+,24-,25+,26+,27-/m1/s1. The van der Waals surface area contributed by atoms with Gasteiger partial charge in [-0.3, -0.25) is 0 Å². The molecule has 4 saturated carbocycles. The molecule has 2 saturated heterocycles. The van der Waals surface area contributed by atoms with Gasteiger partial charge in [-0.15, -0.1) is 0 Å². The third kappa shape index (κ3) is 2.61. The molecule has 1 spiro atoms. The number of fused-ring (bicyclic) bond motifs is 7. The molecular formula is C27H44O3. The molecule has 1 unspecified atom stereocenters. The lowest BCUT2D eigenvalue weighted by Gasteiger charge is -2.61. The van der Waals surface area contributed by atoms with Crippen LogP contribution in [0.3, 0.4) is 0 Å². The quantitative estimate of drug-likeness (QED) is 0.543. The molecule has 6 rings (SSSR count). The Morgan fingerprint density at radius 2 is 1.63 bits per heavy atom. The van der Waals surface area contributed by atoms with E-state index in [0.717, 1.165) is 49.5 Å². The molecule has 170 valence electrons.